The van der Waals surface area contributed by atoms with E-state index in [2.05, 4.69) is 15.7 Å². The molecule has 0 aliphatic carbocycles. The van der Waals surface area contributed by atoms with Crippen molar-refractivity contribution in [3.63, 3.8) is 0 Å². The Bertz CT molecular complexity index is 352. The average molecular weight is 213 g/mol. The third-order valence-corrected chi connectivity index (χ3v) is 2.65. The third kappa shape index (κ3) is 1.78. The van der Waals surface area contributed by atoms with Crippen molar-refractivity contribution in [3.05, 3.63) is 6.20 Å². The van der Waals surface area contributed by atoms with Crippen molar-refractivity contribution in [1.29, 1.82) is 0 Å². The first kappa shape index (κ1) is 9.22. The van der Waals surface area contributed by atoms with Crippen molar-refractivity contribution in [2.45, 2.75) is 6.04 Å². The first-order chi connectivity index (χ1) is 6.65. The summed E-state index contributed by atoms with van der Waals surface area (Å²) < 4.78 is 0. The Hall–Kier alpha value is -1.34. The molecule has 14 heavy (non-hydrogen) atoms. The molecule has 1 unspecified atom stereocenters. The summed E-state index contributed by atoms with van der Waals surface area (Å²) in [6.07, 6.45) is 1.57. The van der Waals surface area contributed by atoms with Crippen LogP contribution in [-0.4, -0.2) is 35.5 Å². The van der Waals surface area contributed by atoms with Crippen LogP contribution < -0.4 is 16.5 Å². The molecular weight excluding hydrogens is 202 g/mol. The molecule has 2 heterocycles. The zero-order chi connectivity index (χ0) is 10.1. The highest BCUT2D eigenvalue weighted by atomic mass is 32.1. The molecular formula is C7H11N5OS. The van der Waals surface area contributed by atoms with Crippen LogP contribution in [0.5, 0.6) is 0 Å². The first-order valence-corrected chi connectivity index (χ1v) is 4.96. The number of carbonyl (C=O) groups excluding carboxylic acids is 1. The Morgan fingerprint density at radius 1 is 1.86 bits per heavy atom. The van der Waals surface area contributed by atoms with Gasteiger partial charge in [-0.05, 0) is 0 Å². The number of hydrazine groups is 1. The highest BCUT2D eigenvalue weighted by Gasteiger charge is 2.28. The molecule has 4 N–H and O–H groups in total. The predicted octanol–water partition coefficient (Wildman–Crippen LogP) is -0.518. The highest BCUT2D eigenvalue weighted by molar-refractivity contribution is 7.19. The number of nitrogens with zero attached hydrogens (tertiary/aromatic N) is 2. The molecule has 1 aliphatic heterocycles. The second-order valence-corrected chi connectivity index (χ2v) is 4.18. The molecule has 1 saturated heterocycles. The van der Waals surface area contributed by atoms with Gasteiger partial charge in [0.2, 0.25) is 0 Å². The van der Waals surface area contributed by atoms with Crippen molar-refractivity contribution in [2.24, 2.45) is 0 Å². The van der Waals surface area contributed by atoms with Gasteiger partial charge in [-0.15, -0.1) is 0 Å². The quantitative estimate of drug-likeness (QED) is 0.616. The summed E-state index contributed by atoms with van der Waals surface area (Å²) >= 11 is 1.33. The largest absolute Gasteiger partial charge is 0.389 e. The van der Waals surface area contributed by atoms with E-state index in [1.807, 2.05) is 7.05 Å². The summed E-state index contributed by atoms with van der Waals surface area (Å²) in [5, 5.41) is 6.07. The van der Waals surface area contributed by atoms with Crippen molar-refractivity contribution in [1.82, 2.24) is 15.4 Å². The van der Waals surface area contributed by atoms with Crippen molar-refractivity contribution >= 4 is 27.4 Å². The van der Waals surface area contributed by atoms with Crippen LogP contribution in [0.4, 0.5) is 10.1 Å². The van der Waals surface area contributed by atoms with Gasteiger partial charge in [-0.25, -0.2) is 9.99 Å². The van der Waals surface area contributed by atoms with E-state index >= 15 is 0 Å². The normalized spacial score (nSPS) is 22.4. The molecule has 7 heteroatoms. The zero-order valence-corrected chi connectivity index (χ0v) is 8.47. The van der Waals surface area contributed by atoms with E-state index in [0.717, 1.165) is 0 Å². The van der Waals surface area contributed by atoms with Gasteiger partial charge in [0.1, 0.15) is 11.0 Å². The fraction of sp³-hybridized carbons (Fsp3) is 0.429. The summed E-state index contributed by atoms with van der Waals surface area (Å²) in [6, 6.07) is -0.245. The summed E-state index contributed by atoms with van der Waals surface area (Å²) in [7, 11) is 1.82. The molecule has 0 aromatic carbocycles. The van der Waals surface area contributed by atoms with E-state index < -0.39 is 0 Å². The summed E-state index contributed by atoms with van der Waals surface area (Å²) in [6.45, 7) is 0.623. The molecule has 1 aliphatic rings. The third-order valence-electron chi connectivity index (χ3n) is 1.90. The minimum Gasteiger partial charge on any atom is -0.389 e. The first-order valence-electron chi connectivity index (χ1n) is 4.14. The number of nitrogens with two attached hydrogens (primary N) is 1. The number of amides is 1. The molecule has 6 nitrogen and oxygen atoms in total. The van der Waals surface area contributed by atoms with Gasteiger partial charge in [-0.1, -0.05) is 11.3 Å². The van der Waals surface area contributed by atoms with Crippen molar-refractivity contribution < 1.29 is 4.79 Å². The minimum atomic E-state index is -0.245. The van der Waals surface area contributed by atoms with Crippen LogP contribution >= 0.6 is 11.3 Å². The maximum Gasteiger partial charge on any atom is 0.258 e. The van der Waals surface area contributed by atoms with Gasteiger partial charge >= 0.3 is 0 Å². The van der Waals surface area contributed by atoms with E-state index in [1.165, 1.54) is 11.3 Å². The van der Waals surface area contributed by atoms with E-state index in [-0.39, 0.29) is 11.9 Å². The number of nitrogens with one attached hydrogen (secondary N) is 2. The maximum atomic E-state index is 11.3. The number of likely N-dealkylation sites (N-methyl/N-ethyl adjacent to an activating group) is 1. The Morgan fingerprint density at radius 3 is 3.14 bits per heavy atom. The smallest absolute Gasteiger partial charge is 0.258 e. The Morgan fingerprint density at radius 2 is 2.64 bits per heavy atom. The molecule has 0 bridgehead atoms. The van der Waals surface area contributed by atoms with Gasteiger partial charge in [0.05, 0.1) is 6.20 Å². The molecule has 1 atom stereocenters. The van der Waals surface area contributed by atoms with E-state index in [4.69, 9.17) is 5.73 Å². The molecule has 1 fully saturated rings. The topological polar surface area (TPSA) is 83.3 Å². The van der Waals surface area contributed by atoms with Crippen LogP contribution in [0.2, 0.25) is 0 Å². The van der Waals surface area contributed by atoms with Gasteiger partial charge in [0.25, 0.3) is 5.91 Å². The molecule has 1 amide bonds. The van der Waals surface area contributed by atoms with Gasteiger partial charge in [-0.3, -0.25) is 10.2 Å². The van der Waals surface area contributed by atoms with E-state index in [1.54, 1.807) is 11.2 Å². The number of carbonyl (C=O) groups is 1. The van der Waals surface area contributed by atoms with Crippen LogP contribution in [0.15, 0.2) is 6.20 Å². The number of rotatable bonds is 2. The second kappa shape index (κ2) is 3.43. The molecule has 76 valence electrons. The van der Waals surface area contributed by atoms with Crippen LogP contribution in [0, 0.1) is 0 Å². The minimum absolute atomic E-state index is 0.0405. The number of hydrogen-bond acceptors (Lipinski definition) is 6. The fourth-order valence-corrected chi connectivity index (χ4v) is 1.92. The summed E-state index contributed by atoms with van der Waals surface area (Å²) in [5.74, 6) is -0.0405. The van der Waals surface area contributed by atoms with Gasteiger partial charge in [0, 0.05) is 13.6 Å². The Kier molecular flexibility index (Phi) is 2.26. The maximum absolute atomic E-state index is 11.3. The van der Waals surface area contributed by atoms with Crippen LogP contribution in [0.3, 0.4) is 0 Å². The summed E-state index contributed by atoms with van der Waals surface area (Å²) in [5.41, 5.74) is 8.19. The number of anilines is 2. The van der Waals surface area contributed by atoms with E-state index in [0.29, 0.717) is 16.7 Å². The molecule has 0 spiro atoms. The zero-order valence-electron chi connectivity index (χ0n) is 7.65. The SMILES string of the molecule is CN1CC(Nc2ncc(N)s2)C(=O)N1. The molecule has 1 aromatic rings. The average Bonchev–Trinajstić information content (AvgIpc) is 2.61. The van der Waals surface area contributed by atoms with Crippen LogP contribution in [0.1, 0.15) is 0 Å². The van der Waals surface area contributed by atoms with Crippen LogP contribution in [-0.2, 0) is 4.79 Å². The Balaban J connectivity index is 2.01. The second-order valence-electron chi connectivity index (χ2n) is 3.12. The molecule has 2 rings (SSSR count). The lowest BCUT2D eigenvalue weighted by Gasteiger charge is -2.07. The number of hydrogen-bond donors (Lipinski definition) is 3. The van der Waals surface area contributed by atoms with Gasteiger partial charge in [0.15, 0.2) is 5.13 Å². The molecule has 0 saturated carbocycles. The highest BCUT2D eigenvalue weighted by Crippen LogP contribution is 2.20. The van der Waals surface area contributed by atoms with Crippen LogP contribution in [0.25, 0.3) is 0 Å². The fourth-order valence-electron chi connectivity index (χ4n) is 1.28. The molecule has 0 radical (unpaired) electrons. The lowest BCUT2D eigenvalue weighted by atomic mass is 10.3. The lowest BCUT2D eigenvalue weighted by Crippen LogP contribution is -2.31. The van der Waals surface area contributed by atoms with Gasteiger partial charge < -0.3 is 11.1 Å². The van der Waals surface area contributed by atoms with Gasteiger partial charge in [-0.2, -0.15) is 0 Å². The number of thiazole rings is 1. The molecule has 1 aromatic heterocycles. The van der Waals surface area contributed by atoms with E-state index in [9.17, 15) is 4.79 Å². The predicted molar refractivity (Wildman–Crippen MR) is 54.7 cm³/mol. The lowest BCUT2D eigenvalue weighted by molar-refractivity contribution is -0.121. The number of nitrogen functional groups attached to an aromatic ring is 1. The number of aromatic nitrogens is 1. The standard InChI is InChI=1S/C7H11N5OS/c1-12-3-4(6(13)11-12)10-7-9-2-5(8)14-7/h2,4H,3,8H2,1H3,(H,9,10)(H,11,13). The Labute approximate surface area is 85.1 Å². The monoisotopic (exact) mass is 213 g/mol. The summed E-state index contributed by atoms with van der Waals surface area (Å²) in [4.78, 5) is 15.3. The van der Waals surface area contributed by atoms with Crippen molar-refractivity contribution in [2.75, 3.05) is 24.6 Å². The van der Waals surface area contributed by atoms with Crippen molar-refractivity contribution in [3.8, 4) is 0 Å².